The molecule has 0 saturated carbocycles. The van der Waals surface area contributed by atoms with Crippen LogP contribution in [0.5, 0.6) is 0 Å². The number of likely N-dealkylation sites (tertiary alicyclic amines) is 1. The van der Waals surface area contributed by atoms with E-state index in [1.807, 2.05) is 52.1 Å². The van der Waals surface area contributed by atoms with Crippen LogP contribution in [0.15, 0.2) is 54.7 Å². The zero-order valence-electron chi connectivity index (χ0n) is 19.3. The number of rotatable bonds is 8. The molecule has 2 rings (SSSR count). The van der Waals surface area contributed by atoms with Gasteiger partial charge in [0.25, 0.3) is 0 Å². The number of halogens is 3. The van der Waals surface area contributed by atoms with Gasteiger partial charge in [0.05, 0.1) is 12.6 Å². The van der Waals surface area contributed by atoms with Crippen molar-refractivity contribution in [2.45, 2.75) is 46.1 Å². The fourth-order valence-corrected chi connectivity index (χ4v) is 3.90. The first-order chi connectivity index (χ1) is 15.0. The van der Waals surface area contributed by atoms with E-state index < -0.39 is 6.30 Å². The van der Waals surface area contributed by atoms with Crippen molar-refractivity contribution in [2.75, 3.05) is 25.5 Å². The molecule has 1 N–H and O–H groups in total. The molecule has 0 aromatic heterocycles. The first kappa shape index (κ1) is 25.4. The Hall–Kier alpha value is -2.91. The summed E-state index contributed by atoms with van der Waals surface area (Å²) in [6, 6.07) is 6.31. The first-order valence-corrected chi connectivity index (χ1v) is 10.5. The van der Waals surface area contributed by atoms with Crippen LogP contribution in [0.2, 0.25) is 0 Å². The number of alkyl halides is 3. The molecule has 1 atom stereocenters. The van der Waals surface area contributed by atoms with Gasteiger partial charge in [-0.2, -0.15) is 13.2 Å². The van der Waals surface area contributed by atoms with E-state index in [1.165, 1.54) is 0 Å². The predicted octanol–water partition coefficient (Wildman–Crippen LogP) is 6.12. The minimum Gasteiger partial charge on any atom is -0.388 e. The zero-order chi connectivity index (χ0) is 24.1. The molecule has 1 aliphatic rings. The number of nitrogens with one attached hydrogen (secondary N) is 1. The minimum absolute atomic E-state index is 0.0372. The molecule has 0 aliphatic carbocycles. The summed E-state index contributed by atoms with van der Waals surface area (Å²) >= 11 is 0. The van der Waals surface area contributed by atoms with Gasteiger partial charge in [0.1, 0.15) is 0 Å². The largest absolute Gasteiger partial charge is 0.459 e. The average molecular weight is 444 g/mol. The number of nitrogens with zero attached hydrogens (tertiary/aromatic N) is 2. The van der Waals surface area contributed by atoms with E-state index in [2.05, 4.69) is 24.5 Å². The van der Waals surface area contributed by atoms with Gasteiger partial charge in [-0.1, -0.05) is 43.4 Å². The predicted molar refractivity (Wildman–Crippen MR) is 128 cm³/mol. The highest BCUT2D eigenvalue weighted by Crippen LogP contribution is 2.33. The van der Waals surface area contributed by atoms with Crippen molar-refractivity contribution in [1.82, 2.24) is 9.80 Å². The van der Waals surface area contributed by atoms with Crippen LogP contribution < -0.4 is 5.32 Å². The second kappa shape index (κ2) is 10.6. The number of terminal acetylenes is 1. The zero-order valence-corrected chi connectivity index (χ0v) is 19.3. The Balaban J connectivity index is 2.38. The second-order valence-corrected chi connectivity index (χ2v) is 8.25. The van der Waals surface area contributed by atoms with Crippen LogP contribution in [0.25, 0.3) is 5.57 Å². The molecule has 3 nitrogen and oxygen atoms in total. The van der Waals surface area contributed by atoms with Crippen LogP contribution in [0.3, 0.4) is 0 Å². The van der Waals surface area contributed by atoms with Crippen molar-refractivity contribution in [3.63, 3.8) is 0 Å². The number of anilines is 1. The lowest BCUT2D eigenvalue weighted by molar-refractivity contribution is -0.239. The maximum atomic E-state index is 13.1. The summed E-state index contributed by atoms with van der Waals surface area (Å²) in [6.45, 7) is 14.3. The molecule has 0 amide bonds. The summed E-state index contributed by atoms with van der Waals surface area (Å²) in [5.74, 6) is 0. The second-order valence-electron chi connectivity index (χ2n) is 8.25. The highest BCUT2D eigenvalue weighted by Gasteiger charge is 2.42. The SMILES string of the molecule is C#CN(Cc1cc(C(=C)/C(C=C(C)C)=C/C=C)c(NC)cc1C)C1CCN(C(F)(F)F)C1. The smallest absolute Gasteiger partial charge is 0.388 e. The molecule has 1 fully saturated rings. The summed E-state index contributed by atoms with van der Waals surface area (Å²) in [7, 11) is 1.85. The number of hydrogen-bond acceptors (Lipinski definition) is 3. The van der Waals surface area contributed by atoms with Gasteiger partial charge in [0.2, 0.25) is 0 Å². The van der Waals surface area contributed by atoms with Crippen LogP contribution >= 0.6 is 0 Å². The van der Waals surface area contributed by atoms with Gasteiger partial charge in [0, 0.05) is 37.4 Å². The molecule has 0 spiro atoms. The van der Waals surface area contributed by atoms with E-state index in [-0.39, 0.29) is 19.1 Å². The van der Waals surface area contributed by atoms with Crippen LogP contribution in [-0.2, 0) is 6.54 Å². The fraction of sp³-hybridized carbons (Fsp3) is 0.385. The molecule has 0 bridgehead atoms. The van der Waals surface area contributed by atoms with E-state index in [1.54, 1.807) is 11.0 Å². The van der Waals surface area contributed by atoms with Crippen molar-refractivity contribution >= 4 is 11.3 Å². The van der Waals surface area contributed by atoms with Crippen molar-refractivity contribution in [3.05, 3.63) is 71.4 Å². The molecule has 1 aromatic rings. The maximum Gasteiger partial charge on any atom is 0.459 e. The van der Waals surface area contributed by atoms with Gasteiger partial charge in [-0.15, -0.1) is 0 Å². The number of hydrogen-bond donors (Lipinski definition) is 1. The third kappa shape index (κ3) is 6.08. The lowest BCUT2D eigenvalue weighted by Crippen LogP contribution is -2.39. The molecular formula is C26H32F3N3. The lowest BCUT2D eigenvalue weighted by atomic mass is 9.92. The molecule has 172 valence electrons. The molecule has 1 heterocycles. The van der Waals surface area contributed by atoms with Crippen LogP contribution in [-0.4, -0.2) is 42.3 Å². The normalized spacial score (nSPS) is 16.9. The Morgan fingerprint density at radius 3 is 2.56 bits per heavy atom. The summed E-state index contributed by atoms with van der Waals surface area (Å²) in [5.41, 5.74) is 6.70. The Bertz CT molecular complexity index is 960. The van der Waals surface area contributed by atoms with Gasteiger partial charge < -0.3 is 10.2 Å². The molecule has 1 unspecified atom stereocenters. The van der Waals surface area contributed by atoms with E-state index in [0.29, 0.717) is 17.9 Å². The Kier molecular flexibility index (Phi) is 8.40. The van der Waals surface area contributed by atoms with Gasteiger partial charge in [0.15, 0.2) is 0 Å². The standard InChI is InChI=1S/C26H32F3N3/c1-8-10-21(13-18(3)4)20(6)24-15-22(19(5)14-25(24)30-7)16-31(9-2)23-11-12-32(17-23)26(27,28)29/h2,8,10,13-15,23,30H,1,6,11-12,16-17H2,3-5,7H3/b21-10+. The molecule has 1 saturated heterocycles. The van der Waals surface area contributed by atoms with Crippen molar-refractivity contribution in [1.29, 1.82) is 0 Å². The molecule has 6 heteroatoms. The molecular weight excluding hydrogens is 411 g/mol. The monoisotopic (exact) mass is 443 g/mol. The van der Waals surface area contributed by atoms with E-state index >= 15 is 0 Å². The summed E-state index contributed by atoms with van der Waals surface area (Å²) in [5, 5.41) is 3.22. The summed E-state index contributed by atoms with van der Waals surface area (Å²) in [6.07, 6.45) is 7.44. The highest BCUT2D eigenvalue weighted by atomic mass is 19.4. The van der Waals surface area contributed by atoms with Gasteiger partial charge >= 0.3 is 6.30 Å². The minimum atomic E-state index is -4.33. The Labute approximate surface area is 190 Å². The van der Waals surface area contributed by atoms with Gasteiger partial charge in [-0.05, 0) is 61.6 Å². The molecule has 0 radical (unpaired) electrons. The van der Waals surface area contributed by atoms with Crippen LogP contribution in [0.1, 0.15) is 37.0 Å². The van der Waals surface area contributed by atoms with E-state index in [0.717, 1.165) is 39.1 Å². The molecule has 1 aromatic carbocycles. The number of benzene rings is 1. The highest BCUT2D eigenvalue weighted by molar-refractivity contribution is 5.87. The van der Waals surface area contributed by atoms with Crippen LogP contribution in [0, 0.1) is 19.4 Å². The Morgan fingerprint density at radius 1 is 1.38 bits per heavy atom. The topological polar surface area (TPSA) is 18.5 Å². The summed E-state index contributed by atoms with van der Waals surface area (Å²) < 4.78 is 39.2. The third-order valence-electron chi connectivity index (χ3n) is 5.63. The first-order valence-electron chi connectivity index (χ1n) is 10.5. The van der Waals surface area contributed by atoms with Gasteiger partial charge in [-0.25, -0.2) is 4.90 Å². The van der Waals surface area contributed by atoms with Gasteiger partial charge in [-0.3, -0.25) is 0 Å². The van der Waals surface area contributed by atoms with E-state index in [9.17, 15) is 13.2 Å². The number of aryl methyl sites for hydroxylation is 1. The number of allylic oxidation sites excluding steroid dienone is 6. The molecule has 32 heavy (non-hydrogen) atoms. The van der Waals surface area contributed by atoms with Crippen LogP contribution in [0.4, 0.5) is 18.9 Å². The lowest BCUT2D eigenvalue weighted by Gasteiger charge is -2.27. The average Bonchev–Trinajstić information content (AvgIpc) is 3.22. The third-order valence-corrected chi connectivity index (χ3v) is 5.63. The Morgan fingerprint density at radius 2 is 2.06 bits per heavy atom. The van der Waals surface area contributed by atoms with Crippen molar-refractivity contribution in [3.8, 4) is 12.5 Å². The van der Waals surface area contributed by atoms with Crippen molar-refractivity contribution in [2.24, 2.45) is 0 Å². The fourth-order valence-electron chi connectivity index (χ4n) is 3.90. The maximum absolute atomic E-state index is 13.1. The molecule has 1 aliphatic heterocycles. The summed E-state index contributed by atoms with van der Waals surface area (Å²) in [4.78, 5) is 2.20. The quantitative estimate of drug-likeness (QED) is 0.226. The van der Waals surface area contributed by atoms with Crippen molar-refractivity contribution < 1.29 is 13.2 Å². The van der Waals surface area contributed by atoms with E-state index in [4.69, 9.17) is 6.42 Å².